The summed E-state index contributed by atoms with van der Waals surface area (Å²) in [5.41, 5.74) is -4.00. The number of aliphatic hydroxyl groups is 1. The number of halogens is 3. The number of aliphatic hydroxyl groups excluding tert-OH is 1. The van der Waals surface area contributed by atoms with Crippen LogP contribution in [0.3, 0.4) is 0 Å². The average molecular weight is 339 g/mol. The Bertz CT molecular complexity index is 633. The van der Waals surface area contributed by atoms with E-state index in [1.54, 1.807) is 6.07 Å². The molecule has 0 radical (unpaired) electrons. The van der Waals surface area contributed by atoms with Gasteiger partial charge in [-0.2, -0.15) is 13.2 Å². The van der Waals surface area contributed by atoms with Crippen molar-refractivity contribution in [2.24, 2.45) is 0 Å². The fourth-order valence-corrected chi connectivity index (χ4v) is 2.95. The maximum Gasteiger partial charge on any atom is 0.441 e. The van der Waals surface area contributed by atoms with E-state index >= 15 is 0 Å². The maximum absolute atomic E-state index is 11.9. The first-order valence-electron chi connectivity index (χ1n) is 5.65. The van der Waals surface area contributed by atoms with Crippen molar-refractivity contribution >= 4 is 21.8 Å². The molecule has 0 fully saturated rings. The third-order valence-electron chi connectivity index (χ3n) is 2.12. The van der Waals surface area contributed by atoms with Crippen LogP contribution in [0.25, 0.3) is 0 Å². The van der Waals surface area contributed by atoms with E-state index < -0.39 is 21.3 Å². The molecule has 116 valence electrons. The van der Waals surface area contributed by atoms with Gasteiger partial charge in [0.15, 0.2) is 0 Å². The molecular weight excluding hydrogens is 327 g/mol. The molecule has 0 unspecified atom stereocenters. The summed E-state index contributed by atoms with van der Waals surface area (Å²) in [7, 11) is -3.89. The summed E-state index contributed by atoms with van der Waals surface area (Å²) < 4.78 is 61.6. The molecule has 0 atom stereocenters. The largest absolute Gasteiger partial charge is 0.441 e. The second kappa shape index (κ2) is 7.70. The predicted molar refractivity (Wildman–Crippen MR) is 74.1 cm³/mol. The number of hydrogen-bond acceptors (Lipinski definition) is 4. The van der Waals surface area contributed by atoms with Gasteiger partial charge >= 0.3 is 5.51 Å². The summed E-state index contributed by atoms with van der Waals surface area (Å²) in [6.07, 6.45) is 0. The zero-order valence-corrected chi connectivity index (χ0v) is 12.3. The van der Waals surface area contributed by atoms with Crippen LogP contribution in [0.5, 0.6) is 0 Å². The number of sulfonamides is 1. The van der Waals surface area contributed by atoms with E-state index in [0.717, 1.165) is 0 Å². The molecule has 9 heteroatoms. The Morgan fingerprint density at radius 1 is 1.33 bits per heavy atom. The Balaban J connectivity index is 2.70. The third kappa shape index (κ3) is 6.86. The molecule has 21 heavy (non-hydrogen) atoms. The molecule has 0 aliphatic rings. The van der Waals surface area contributed by atoms with E-state index in [1.807, 2.05) is 0 Å². The lowest BCUT2D eigenvalue weighted by molar-refractivity contribution is -0.0327. The minimum atomic E-state index is -4.38. The van der Waals surface area contributed by atoms with Gasteiger partial charge < -0.3 is 5.11 Å². The van der Waals surface area contributed by atoms with Crippen molar-refractivity contribution in [2.45, 2.75) is 10.4 Å². The fourth-order valence-electron chi connectivity index (χ4n) is 1.31. The predicted octanol–water partition coefficient (Wildman–Crippen LogP) is 1.56. The highest BCUT2D eigenvalue weighted by atomic mass is 32.2. The minimum absolute atomic E-state index is 0.0933. The first-order chi connectivity index (χ1) is 9.74. The van der Waals surface area contributed by atoms with Crippen molar-refractivity contribution < 1.29 is 26.7 Å². The Kier molecular flexibility index (Phi) is 6.54. The van der Waals surface area contributed by atoms with E-state index in [2.05, 4.69) is 16.6 Å². The van der Waals surface area contributed by atoms with Gasteiger partial charge in [-0.1, -0.05) is 17.9 Å². The Morgan fingerprint density at radius 3 is 2.67 bits per heavy atom. The standard InChI is InChI=1S/C12H12F3NO3S2/c13-12(14,15)20-8-6-16-21(18,19)11-5-1-3-10(9-11)4-2-7-17/h1,3,5,9,16-17H,6-8H2. The molecule has 0 saturated heterocycles. The van der Waals surface area contributed by atoms with E-state index in [0.29, 0.717) is 5.56 Å². The number of alkyl halides is 3. The minimum Gasteiger partial charge on any atom is -0.384 e. The number of thioether (sulfide) groups is 1. The van der Waals surface area contributed by atoms with E-state index in [1.165, 1.54) is 18.2 Å². The Labute approximate surface area is 124 Å². The van der Waals surface area contributed by atoms with Crippen molar-refractivity contribution in [3.8, 4) is 11.8 Å². The zero-order valence-electron chi connectivity index (χ0n) is 10.6. The Hall–Kier alpha value is -1.21. The molecular formula is C12H12F3NO3S2. The molecule has 1 aromatic rings. The summed E-state index contributed by atoms with van der Waals surface area (Å²) >= 11 is -0.293. The van der Waals surface area contributed by atoms with Gasteiger partial charge in [0.2, 0.25) is 10.0 Å². The molecule has 0 aliphatic carbocycles. The lowest BCUT2D eigenvalue weighted by atomic mass is 10.2. The first-order valence-corrected chi connectivity index (χ1v) is 8.11. The van der Waals surface area contributed by atoms with Gasteiger partial charge in [0.25, 0.3) is 0 Å². The van der Waals surface area contributed by atoms with Crippen LogP contribution in [-0.4, -0.2) is 37.9 Å². The smallest absolute Gasteiger partial charge is 0.384 e. The monoisotopic (exact) mass is 339 g/mol. The summed E-state index contributed by atoms with van der Waals surface area (Å²) in [5, 5.41) is 8.57. The number of rotatable bonds is 5. The van der Waals surface area contributed by atoms with Gasteiger partial charge in [0.1, 0.15) is 6.61 Å². The van der Waals surface area contributed by atoms with Crippen molar-refractivity contribution in [2.75, 3.05) is 18.9 Å². The highest BCUT2D eigenvalue weighted by Gasteiger charge is 2.27. The average Bonchev–Trinajstić information content (AvgIpc) is 2.41. The van der Waals surface area contributed by atoms with Gasteiger partial charge in [-0.25, -0.2) is 13.1 Å². The van der Waals surface area contributed by atoms with Gasteiger partial charge in [-0.15, -0.1) is 0 Å². The van der Waals surface area contributed by atoms with Crippen molar-refractivity contribution in [3.05, 3.63) is 29.8 Å². The fraction of sp³-hybridized carbons (Fsp3) is 0.333. The van der Waals surface area contributed by atoms with Gasteiger partial charge in [0, 0.05) is 17.9 Å². The van der Waals surface area contributed by atoms with Gasteiger partial charge in [0.05, 0.1) is 4.90 Å². The molecule has 0 aromatic heterocycles. The first kappa shape index (κ1) is 17.8. The quantitative estimate of drug-likeness (QED) is 0.631. The topological polar surface area (TPSA) is 66.4 Å². The van der Waals surface area contributed by atoms with Crippen LogP contribution in [0.4, 0.5) is 13.2 Å². The van der Waals surface area contributed by atoms with E-state index in [9.17, 15) is 21.6 Å². The highest BCUT2D eigenvalue weighted by molar-refractivity contribution is 8.00. The van der Waals surface area contributed by atoms with Crippen molar-refractivity contribution in [1.29, 1.82) is 0 Å². The van der Waals surface area contributed by atoms with E-state index in [-0.39, 0.29) is 29.8 Å². The second-order valence-electron chi connectivity index (χ2n) is 3.68. The highest BCUT2D eigenvalue weighted by Crippen LogP contribution is 2.29. The summed E-state index contributed by atoms with van der Waals surface area (Å²) in [4.78, 5) is -0.0933. The molecule has 0 bridgehead atoms. The maximum atomic E-state index is 11.9. The summed E-state index contributed by atoms with van der Waals surface area (Å²) in [5.74, 6) is 4.51. The summed E-state index contributed by atoms with van der Waals surface area (Å²) in [6, 6.07) is 5.60. The Morgan fingerprint density at radius 2 is 2.05 bits per heavy atom. The van der Waals surface area contributed by atoms with Crippen LogP contribution in [0.2, 0.25) is 0 Å². The van der Waals surface area contributed by atoms with Crippen LogP contribution < -0.4 is 4.72 Å². The zero-order chi connectivity index (χ0) is 15.9. The SMILES string of the molecule is O=S(=O)(NCCSC(F)(F)F)c1cccc(C#CCO)c1. The van der Waals surface area contributed by atoms with Crippen LogP contribution >= 0.6 is 11.8 Å². The van der Waals surface area contributed by atoms with Crippen LogP contribution in [0.1, 0.15) is 5.56 Å². The second-order valence-corrected chi connectivity index (χ2v) is 6.61. The molecule has 2 N–H and O–H groups in total. The number of benzene rings is 1. The molecule has 0 spiro atoms. The normalized spacial score (nSPS) is 11.8. The molecule has 1 rings (SSSR count). The van der Waals surface area contributed by atoms with Gasteiger partial charge in [-0.05, 0) is 30.0 Å². The third-order valence-corrected chi connectivity index (χ3v) is 4.31. The number of nitrogens with one attached hydrogen (secondary N) is 1. The lowest BCUT2D eigenvalue weighted by Crippen LogP contribution is -2.26. The molecule has 4 nitrogen and oxygen atoms in total. The molecule has 0 heterocycles. The van der Waals surface area contributed by atoms with Crippen LogP contribution in [0.15, 0.2) is 29.2 Å². The summed E-state index contributed by atoms with van der Waals surface area (Å²) in [6.45, 7) is -0.692. The molecule has 0 aliphatic heterocycles. The van der Waals surface area contributed by atoms with E-state index in [4.69, 9.17) is 5.11 Å². The lowest BCUT2D eigenvalue weighted by Gasteiger charge is -2.08. The number of hydrogen-bond donors (Lipinski definition) is 2. The van der Waals surface area contributed by atoms with Crippen molar-refractivity contribution in [1.82, 2.24) is 4.72 Å². The van der Waals surface area contributed by atoms with Crippen LogP contribution in [0, 0.1) is 11.8 Å². The van der Waals surface area contributed by atoms with Gasteiger partial charge in [-0.3, -0.25) is 0 Å². The van der Waals surface area contributed by atoms with Crippen molar-refractivity contribution in [3.63, 3.8) is 0 Å². The van der Waals surface area contributed by atoms with Crippen LogP contribution in [-0.2, 0) is 10.0 Å². The molecule has 0 amide bonds. The molecule has 1 aromatic carbocycles. The molecule has 0 saturated carbocycles.